The Labute approximate surface area is 94.0 Å². The van der Waals surface area contributed by atoms with Gasteiger partial charge in [0, 0.05) is 13.2 Å². The first-order chi connectivity index (χ1) is 7.41. The van der Waals surface area contributed by atoms with Gasteiger partial charge >= 0.3 is 0 Å². The van der Waals surface area contributed by atoms with E-state index < -0.39 is 0 Å². The van der Waals surface area contributed by atoms with E-state index >= 15 is 0 Å². The quantitative estimate of drug-likeness (QED) is 0.365. The Balaban J connectivity index is 2.86. The molecule has 0 N–H and O–H groups in total. The molecule has 88 valence electrons. The van der Waals surface area contributed by atoms with Crippen LogP contribution in [0.3, 0.4) is 0 Å². The summed E-state index contributed by atoms with van der Waals surface area (Å²) in [6, 6.07) is 0. The molecule has 0 aliphatic carbocycles. The molecule has 0 aromatic heterocycles. The Morgan fingerprint density at radius 2 is 1.07 bits per heavy atom. The van der Waals surface area contributed by atoms with Crippen LogP contribution in [0.2, 0.25) is 0 Å². The lowest BCUT2D eigenvalue weighted by Gasteiger charge is -2.02. The molecule has 0 aromatic rings. The van der Waals surface area contributed by atoms with Gasteiger partial charge < -0.3 is 9.47 Å². The van der Waals surface area contributed by atoms with E-state index in [1.807, 2.05) is 0 Å². The summed E-state index contributed by atoms with van der Waals surface area (Å²) in [6.45, 7) is 10.3. The van der Waals surface area contributed by atoms with Gasteiger partial charge in [-0.25, -0.2) is 0 Å². The maximum Gasteiger partial charge on any atom is 0.0644 e. The zero-order valence-corrected chi connectivity index (χ0v) is 9.75. The van der Waals surface area contributed by atoms with Crippen LogP contribution in [-0.2, 0) is 9.47 Å². The predicted octanol–water partition coefficient (Wildman–Crippen LogP) is 3.34. The van der Waals surface area contributed by atoms with Crippen LogP contribution in [0.1, 0.15) is 32.1 Å². The number of hydrogen-bond acceptors (Lipinski definition) is 2. The van der Waals surface area contributed by atoms with E-state index in [2.05, 4.69) is 13.2 Å². The van der Waals surface area contributed by atoms with Crippen molar-refractivity contribution in [2.45, 2.75) is 32.1 Å². The molecule has 0 rings (SSSR count). The lowest BCUT2D eigenvalue weighted by molar-refractivity contribution is 0.152. The van der Waals surface area contributed by atoms with E-state index in [1.54, 1.807) is 12.2 Å². The van der Waals surface area contributed by atoms with E-state index in [0.717, 1.165) is 26.1 Å². The second-order valence-corrected chi connectivity index (χ2v) is 3.49. The van der Waals surface area contributed by atoms with Crippen LogP contribution in [0, 0.1) is 0 Å². The third-order valence-electron chi connectivity index (χ3n) is 2.05. The van der Waals surface area contributed by atoms with Crippen molar-refractivity contribution < 1.29 is 9.47 Å². The molecule has 0 bridgehead atoms. The zero-order valence-electron chi connectivity index (χ0n) is 9.75. The highest BCUT2D eigenvalue weighted by atomic mass is 16.5. The topological polar surface area (TPSA) is 18.5 Å². The largest absolute Gasteiger partial charge is 0.377 e. The Morgan fingerprint density at radius 3 is 1.47 bits per heavy atom. The van der Waals surface area contributed by atoms with Gasteiger partial charge in [-0.2, -0.15) is 0 Å². The average Bonchev–Trinajstić information content (AvgIpc) is 2.26. The molecule has 0 heterocycles. The maximum atomic E-state index is 5.29. The molecule has 0 saturated heterocycles. The van der Waals surface area contributed by atoms with E-state index in [1.165, 1.54) is 19.3 Å². The molecular weight excluding hydrogens is 188 g/mol. The van der Waals surface area contributed by atoms with Crippen molar-refractivity contribution in [3.8, 4) is 0 Å². The summed E-state index contributed by atoms with van der Waals surface area (Å²) in [6.07, 6.45) is 9.66. The van der Waals surface area contributed by atoms with E-state index in [4.69, 9.17) is 9.47 Å². The van der Waals surface area contributed by atoms with Gasteiger partial charge in [0.1, 0.15) is 0 Å². The SMILES string of the molecule is C=CCOCCCCCCCOCC=C. The standard InChI is InChI=1S/C13H24O2/c1-3-10-14-12-8-6-5-7-9-13-15-11-4-2/h3-4H,1-2,5-13H2. The Hall–Kier alpha value is -0.600. The molecule has 0 aromatic carbocycles. The van der Waals surface area contributed by atoms with Gasteiger partial charge in [-0.15, -0.1) is 13.2 Å². The summed E-state index contributed by atoms with van der Waals surface area (Å²) in [4.78, 5) is 0. The third kappa shape index (κ3) is 13.4. The van der Waals surface area contributed by atoms with Crippen LogP contribution in [0.4, 0.5) is 0 Å². The smallest absolute Gasteiger partial charge is 0.0644 e. The molecule has 0 aliphatic heterocycles. The number of rotatable bonds is 12. The fourth-order valence-electron chi connectivity index (χ4n) is 1.27. The van der Waals surface area contributed by atoms with Crippen LogP contribution in [0.5, 0.6) is 0 Å². The molecule has 2 nitrogen and oxygen atoms in total. The lowest BCUT2D eigenvalue weighted by Crippen LogP contribution is -1.95. The number of hydrogen-bond donors (Lipinski definition) is 0. The highest BCUT2D eigenvalue weighted by molar-refractivity contribution is 4.64. The first kappa shape index (κ1) is 14.4. The molecule has 15 heavy (non-hydrogen) atoms. The van der Waals surface area contributed by atoms with Crippen LogP contribution < -0.4 is 0 Å². The molecular formula is C13H24O2. The molecule has 2 heteroatoms. The monoisotopic (exact) mass is 212 g/mol. The zero-order chi connectivity index (χ0) is 11.2. The molecule has 0 radical (unpaired) electrons. The van der Waals surface area contributed by atoms with Crippen molar-refractivity contribution in [2.75, 3.05) is 26.4 Å². The summed E-state index contributed by atoms with van der Waals surface area (Å²) >= 11 is 0. The van der Waals surface area contributed by atoms with Gasteiger partial charge in [0.2, 0.25) is 0 Å². The molecule has 0 unspecified atom stereocenters. The van der Waals surface area contributed by atoms with Crippen LogP contribution in [0.15, 0.2) is 25.3 Å². The van der Waals surface area contributed by atoms with Crippen molar-refractivity contribution in [3.05, 3.63) is 25.3 Å². The molecule has 0 amide bonds. The minimum Gasteiger partial charge on any atom is -0.377 e. The maximum absolute atomic E-state index is 5.29. The highest BCUT2D eigenvalue weighted by Gasteiger charge is 1.91. The Kier molecular flexibility index (Phi) is 12.9. The van der Waals surface area contributed by atoms with Crippen molar-refractivity contribution in [3.63, 3.8) is 0 Å². The van der Waals surface area contributed by atoms with Crippen molar-refractivity contribution in [2.24, 2.45) is 0 Å². The fraction of sp³-hybridized carbons (Fsp3) is 0.692. The fourth-order valence-corrected chi connectivity index (χ4v) is 1.27. The van der Waals surface area contributed by atoms with Gasteiger partial charge in [-0.3, -0.25) is 0 Å². The summed E-state index contributed by atoms with van der Waals surface area (Å²) in [5, 5.41) is 0. The average molecular weight is 212 g/mol. The van der Waals surface area contributed by atoms with Crippen molar-refractivity contribution >= 4 is 0 Å². The van der Waals surface area contributed by atoms with E-state index in [-0.39, 0.29) is 0 Å². The van der Waals surface area contributed by atoms with Crippen LogP contribution >= 0.6 is 0 Å². The second kappa shape index (κ2) is 13.4. The van der Waals surface area contributed by atoms with Gasteiger partial charge in [0.05, 0.1) is 13.2 Å². The Morgan fingerprint density at radius 1 is 0.667 bits per heavy atom. The predicted molar refractivity (Wildman–Crippen MR) is 65.1 cm³/mol. The summed E-state index contributed by atoms with van der Waals surface area (Å²) < 4.78 is 10.6. The van der Waals surface area contributed by atoms with Crippen LogP contribution in [0.25, 0.3) is 0 Å². The van der Waals surface area contributed by atoms with Crippen molar-refractivity contribution in [1.82, 2.24) is 0 Å². The first-order valence-electron chi connectivity index (χ1n) is 5.79. The summed E-state index contributed by atoms with van der Waals surface area (Å²) in [5.74, 6) is 0. The number of unbranched alkanes of at least 4 members (excludes halogenated alkanes) is 4. The normalized spacial score (nSPS) is 10.1. The van der Waals surface area contributed by atoms with E-state index in [9.17, 15) is 0 Å². The molecule has 0 saturated carbocycles. The molecule has 0 fully saturated rings. The summed E-state index contributed by atoms with van der Waals surface area (Å²) in [7, 11) is 0. The van der Waals surface area contributed by atoms with Gasteiger partial charge in [0.25, 0.3) is 0 Å². The van der Waals surface area contributed by atoms with Gasteiger partial charge in [0.15, 0.2) is 0 Å². The third-order valence-corrected chi connectivity index (χ3v) is 2.05. The van der Waals surface area contributed by atoms with Gasteiger partial charge in [-0.1, -0.05) is 31.4 Å². The Bertz CT molecular complexity index is 127. The lowest BCUT2D eigenvalue weighted by atomic mass is 10.1. The number of ether oxygens (including phenoxy) is 2. The van der Waals surface area contributed by atoms with Gasteiger partial charge in [-0.05, 0) is 12.8 Å². The first-order valence-corrected chi connectivity index (χ1v) is 5.79. The van der Waals surface area contributed by atoms with Crippen molar-refractivity contribution in [1.29, 1.82) is 0 Å². The summed E-state index contributed by atoms with van der Waals surface area (Å²) in [5.41, 5.74) is 0. The molecule has 0 spiro atoms. The molecule has 0 aliphatic rings. The minimum atomic E-state index is 0.676. The van der Waals surface area contributed by atoms with Crippen LogP contribution in [-0.4, -0.2) is 26.4 Å². The molecule has 0 atom stereocenters. The minimum absolute atomic E-state index is 0.676. The van der Waals surface area contributed by atoms with E-state index in [0.29, 0.717) is 13.2 Å². The second-order valence-electron chi connectivity index (χ2n) is 3.49. The highest BCUT2D eigenvalue weighted by Crippen LogP contribution is 2.03.